The van der Waals surface area contributed by atoms with Crippen molar-refractivity contribution in [2.45, 2.75) is 65.5 Å². The number of aliphatic imine (C=N–C) groups is 1. The van der Waals surface area contributed by atoms with Crippen molar-refractivity contribution in [3.05, 3.63) is 16.3 Å². The maximum absolute atomic E-state index is 12.3. The first-order valence-corrected chi connectivity index (χ1v) is 9.88. The van der Waals surface area contributed by atoms with E-state index in [9.17, 15) is 4.79 Å². The van der Waals surface area contributed by atoms with Gasteiger partial charge in [-0.1, -0.05) is 6.92 Å². The molecule has 2 aliphatic heterocycles. The number of nitrogens with zero attached hydrogens (tertiary/aromatic N) is 5. The molecule has 7 nitrogen and oxygen atoms in total. The van der Waals surface area contributed by atoms with Gasteiger partial charge < -0.3 is 10.2 Å². The molecular formula is C18H32N6O. The molecule has 25 heavy (non-hydrogen) atoms. The number of fused-ring (bicyclic) bond motifs is 1. The molecular weight excluding hydrogens is 316 g/mol. The molecule has 0 amide bonds. The largest absolute Gasteiger partial charge is 0.357 e. The minimum atomic E-state index is 0.0513. The molecule has 3 rings (SSSR count). The van der Waals surface area contributed by atoms with E-state index in [1.807, 2.05) is 4.57 Å². The van der Waals surface area contributed by atoms with Gasteiger partial charge in [-0.25, -0.2) is 9.48 Å². The second-order valence-electron chi connectivity index (χ2n) is 7.31. The van der Waals surface area contributed by atoms with Gasteiger partial charge in [0, 0.05) is 45.7 Å². The highest BCUT2D eigenvalue weighted by Gasteiger charge is 2.19. The van der Waals surface area contributed by atoms with Crippen LogP contribution in [0.3, 0.4) is 0 Å². The Morgan fingerprint density at radius 3 is 2.96 bits per heavy atom. The zero-order valence-corrected chi connectivity index (χ0v) is 15.7. The van der Waals surface area contributed by atoms with E-state index in [0.717, 1.165) is 76.1 Å². The summed E-state index contributed by atoms with van der Waals surface area (Å²) in [5, 5.41) is 7.91. The molecule has 3 heterocycles. The molecule has 0 radical (unpaired) electrons. The summed E-state index contributed by atoms with van der Waals surface area (Å²) in [5.41, 5.74) is 0.0513. The fraction of sp³-hybridized carbons (Fsp3) is 0.833. The van der Waals surface area contributed by atoms with Gasteiger partial charge in [0.15, 0.2) is 5.96 Å². The predicted molar refractivity (Wildman–Crippen MR) is 100.0 cm³/mol. The van der Waals surface area contributed by atoms with Gasteiger partial charge >= 0.3 is 5.69 Å². The van der Waals surface area contributed by atoms with E-state index in [0.29, 0.717) is 6.54 Å². The Morgan fingerprint density at radius 1 is 1.32 bits per heavy atom. The summed E-state index contributed by atoms with van der Waals surface area (Å²) < 4.78 is 3.47. The van der Waals surface area contributed by atoms with Crippen LogP contribution in [-0.4, -0.2) is 51.4 Å². The van der Waals surface area contributed by atoms with Crippen LogP contribution in [0.5, 0.6) is 0 Å². The summed E-state index contributed by atoms with van der Waals surface area (Å²) >= 11 is 0. The number of aryl methyl sites for hydroxylation is 2. The Morgan fingerprint density at radius 2 is 2.20 bits per heavy atom. The normalized spacial score (nSPS) is 21.3. The molecule has 1 aromatic rings. The molecule has 0 spiro atoms. The standard InChI is InChI=1S/C18H32N6O/c1-3-19-17(22-11-6-8-15(2)14-22)20-10-7-13-24-18(25)23-12-5-4-9-16(23)21-24/h15H,3-14H2,1-2H3,(H,19,20). The lowest BCUT2D eigenvalue weighted by Crippen LogP contribution is -2.46. The summed E-state index contributed by atoms with van der Waals surface area (Å²) in [7, 11) is 0. The average molecular weight is 348 g/mol. The van der Waals surface area contributed by atoms with Crippen molar-refractivity contribution < 1.29 is 0 Å². The third kappa shape index (κ3) is 4.44. The third-order valence-corrected chi connectivity index (χ3v) is 5.11. The lowest BCUT2D eigenvalue weighted by molar-refractivity contribution is 0.266. The number of likely N-dealkylation sites (tertiary alicyclic amines) is 1. The van der Waals surface area contributed by atoms with Crippen LogP contribution in [-0.2, 0) is 19.5 Å². The molecule has 1 aromatic heterocycles. The number of hydrogen-bond acceptors (Lipinski definition) is 3. The zero-order valence-electron chi connectivity index (χ0n) is 15.7. The quantitative estimate of drug-likeness (QED) is 0.497. The summed E-state index contributed by atoms with van der Waals surface area (Å²) in [4.78, 5) is 19.5. The van der Waals surface area contributed by atoms with E-state index in [1.165, 1.54) is 12.8 Å². The minimum absolute atomic E-state index is 0.0513. The molecule has 1 N–H and O–H groups in total. The van der Waals surface area contributed by atoms with Crippen LogP contribution in [0, 0.1) is 5.92 Å². The van der Waals surface area contributed by atoms with Crippen LogP contribution in [0.25, 0.3) is 0 Å². The fourth-order valence-electron chi connectivity index (χ4n) is 3.81. The third-order valence-electron chi connectivity index (χ3n) is 5.11. The highest BCUT2D eigenvalue weighted by atomic mass is 16.2. The highest BCUT2D eigenvalue weighted by Crippen LogP contribution is 2.15. The Balaban J connectivity index is 1.55. The molecule has 140 valence electrons. The smallest absolute Gasteiger partial charge is 0.345 e. The van der Waals surface area contributed by atoms with Crippen LogP contribution in [0.1, 0.15) is 51.8 Å². The van der Waals surface area contributed by atoms with Crippen molar-refractivity contribution in [3.63, 3.8) is 0 Å². The van der Waals surface area contributed by atoms with Gasteiger partial charge in [0.25, 0.3) is 0 Å². The second-order valence-corrected chi connectivity index (χ2v) is 7.31. The lowest BCUT2D eigenvalue weighted by atomic mass is 10.0. The summed E-state index contributed by atoms with van der Waals surface area (Å²) in [5.74, 6) is 2.70. The van der Waals surface area contributed by atoms with E-state index in [4.69, 9.17) is 4.99 Å². The Bertz CT molecular complexity index is 646. The fourth-order valence-corrected chi connectivity index (χ4v) is 3.81. The molecule has 0 bridgehead atoms. The molecule has 0 aromatic carbocycles. The summed E-state index contributed by atoms with van der Waals surface area (Å²) in [6.07, 6.45) is 6.54. The Labute approximate surface area is 150 Å². The number of nitrogens with one attached hydrogen (secondary N) is 1. The van der Waals surface area contributed by atoms with Gasteiger partial charge in [0.05, 0.1) is 0 Å². The maximum atomic E-state index is 12.3. The molecule has 0 aliphatic carbocycles. The maximum Gasteiger partial charge on any atom is 0.345 e. The Kier molecular flexibility index (Phi) is 6.15. The van der Waals surface area contributed by atoms with E-state index in [2.05, 4.69) is 29.2 Å². The Hall–Kier alpha value is -1.79. The van der Waals surface area contributed by atoms with Crippen molar-refractivity contribution >= 4 is 5.96 Å². The zero-order chi connectivity index (χ0) is 17.6. The summed E-state index contributed by atoms with van der Waals surface area (Å²) in [6.45, 7) is 9.67. The van der Waals surface area contributed by atoms with Crippen LogP contribution >= 0.6 is 0 Å². The molecule has 1 fully saturated rings. The van der Waals surface area contributed by atoms with Gasteiger partial charge in [-0.3, -0.25) is 9.56 Å². The van der Waals surface area contributed by atoms with E-state index in [-0.39, 0.29) is 5.69 Å². The number of aromatic nitrogens is 3. The van der Waals surface area contributed by atoms with Gasteiger partial charge in [-0.15, -0.1) is 0 Å². The number of rotatable bonds is 5. The molecule has 0 saturated carbocycles. The van der Waals surface area contributed by atoms with Crippen molar-refractivity contribution in [2.24, 2.45) is 10.9 Å². The van der Waals surface area contributed by atoms with E-state index >= 15 is 0 Å². The topological polar surface area (TPSA) is 67.5 Å². The van der Waals surface area contributed by atoms with Crippen LogP contribution in [0.2, 0.25) is 0 Å². The number of hydrogen-bond donors (Lipinski definition) is 1. The van der Waals surface area contributed by atoms with Crippen LogP contribution in [0.15, 0.2) is 9.79 Å². The average Bonchev–Trinajstić information content (AvgIpc) is 2.94. The molecule has 1 atom stereocenters. The molecule has 2 aliphatic rings. The first-order chi connectivity index (χ1) is 12.2. The lowest BCUT2D eigenvalue weighted by Gasteiger charge is -2.33. The van der Waals surface area contributed by atoms with Crippen molar-refractivity contribution in [3.8, 4) is 0 Å². The predicted octanol–water partition coefficient (Wildman–Crippen LogP) is 1.47. The monoisotopic (exact) mass is 348 g/mol. The SMILES string of the molecule is CCNC(=NCCCn1nc2n(c1=O)CCCC2)N1CCCC(C)C1. The van der Waals surface area contributed by atoms with Crippen LogP contribution in [0.4, 0.5) is 0 Å². The first-order valence-electron chi connectivity index (χ1n) is 9.88. The molecule has 1 unspecified atom stereocenters. The van der Waals surface area contributed by atoms with E-state index < -0.39 is 0 Å². The van der Waals surface area contributed by atoms with Crippen LogP contribution < -0.4 is 11.0 Å². The minimum Gasteiger partial charge on any atom is -0.357 e. The molecule has 1 saturated heterocycles. The van der Waals surface area contributed by atoms with E-state index in [1.54, 1.807) is 4.68 Å². The van der Waals surface area contributed by atoms with Gasteiger partial charge in [-0.05, 0) is 44.9 Å². The number of guanidine groups is 1. The number of piperidine rings is 1. The molecule has 7 heteroatoms. The van der Waals surface area contributed by atoms with Gasteiger partial charge in [0.2, 0.25) is 0 Å². The summed E-state index contributed by atoms with van der Waals surface area (Å²) in [6, 6.07) is 0. The second kappa shape index (κ2) is 8.54. The van der Waals surface area contributed by atoms with Gasteiger partial charge in [0.1, 0.15) is 5.82 Å². The van der Waals surface area contributed by atoms with Crippen molar-refractivity contribution in [1.82, 2.24) is 24.6 Å². The van der Waals surface area contributed by atoms with Crippen molar-refractivity contribution in [2.75, 3.05) is 26.2 Å². The van der Waals surface area contributed by atoms with Gasteiger partial charge in [-0.2, -0.15) is 5.10 Å². The first kappa shape index (κ1) is 18.0. The van der Waals surface area contributed by atoms with Crippen molar-refractivity contribution in [1.29, 1.82) is 0 Å². The highest BCUT2D eigenvalue weighted by molar-refractivity contribution is 5.80.